The molecule has 3 nitrogen and oxygen atoms in total. The van der Waals surface area contributed by atoms with Crippen LogP contribution >= 0.6 is 0 Å². The fraction of sp³-hybridized carbons (Fsp3) is 0.0769. The SMILES string of the molecule is CC(=O)c1ccccc1-c1ccc(=O)[nH]c1. The predicted octanol–water partition coefficient (Wildman–Crippen LogP) is 2.24. The summed E-state index contributed by atoms with van der Waals surface area (Å²) in [7, 11) is 0. The van der Waals surface area contributed by atoms with Crippen LogP contribution in [0.25, 0.3) is 11.1 Å². The van der Waals surface area contributed by atoms with Crippen LogP contribution in [0.5, 0.6) is 0 Å². The Labute approximate surface area is 92.8 Å². The zero-order valence-electron chi connectivity index (χ0n) is 8.86. The van der Waals surface area contributed by atoms with Crippen LogP contribution in [0.2, 0.25) is 0 Å². The molecule has 0 radical (unpaired) electrons. The first-order valence-corrected chi connectivity index (χ1v) is 4.97. The maximum Gasteiger partial charge on any atom is 0.247 e. The third-order valence-corrected chi connectivity index (χ3v) is 2.40. The summed E-state index contributed by atoms with van der Waals surface area (Å²) in [4.78, 5) is 25.0. The molecular weight excluding hydrogens is 202 g/mol. The van der Waals surface area contributed by atoms with E-state index in [1.807, 2.05) is 18.2 Å². The largest absolute Gasteiger partial charge is 0.328 e. The highest BCUT2D eigenvalue weighted by atomic mass is 16.1. The molecule has 0 aliphatic carbocycles. The molecule has 0 bridgehead atoms. The molecule has 1 aromatic carbocycles. The first-order valence-electron chi connectivity index (χ1n) is 4.97. The summed E-state index contributed by atoms with van der Waals surface area (Å²) in [5, 5.41) is 0. The summed E-state index contributed by atoms with van der Waals surface area (Å²) in [5.74, 6) is 0.0156. The summed E-state index contributed by atoms with van der Waals surface area (Å²) in [6.45, 7) is 1.53. The maximum atomic E-state index is 11.4. The van der Waals surface area contributed by atoms with Crippen molar-refractivity contribution >= 4 is 5.78 Å². The molecule has 0 spiro atoms. The number of benzene rings is 1. The van der Waals surface area contributed by atoms with Crippen molar-refractivity contribution in [1.82, 2.24) is 4.98 Å². The number of aromatic nitrogens is 1. The number of Topliss-reactive ketones (excluding diaryl/α,β-unsaturated/α-hetero) is 1. The number of carbonyl (C=O) groups excluding carboxylic acids is 1. The molecule has 0 fully saturated rings. The van der Waals surface area contributed by atoms with Gasteiger partial charge in [-0.3, -0.25) is 9.59 Å². The zero-order chi connectivity index (χ0) is 11.5. The number of carbonyl (C=O) groups is 1. The topological polar surface area (TPSA) is 49.9 Å². The van der Waals surface area contributed by atoms with E-state index < -0.39 is 0 Å². The molecule has 2 aromatic rings. The quantitative estimate of drug-likeness (QED) is 0.778. The van der Waals surface area contributed by atoms with Crippen molar-refractivity contribution in [3.8, 4) is 11.1 Å². The highest BCUT2D eigenvalue weighted by Crippen LogP contribution is 2.22. The van der Waals surface area contributed by atoms with Crippen LogP contribution in [0.15, 0.2) is 47.4 Å². The summed E-state index contributed by atoms with van der Waals surface area (Å²) < 4.78 is 0. The van der Waals surface area contributed by atoms with E-state index in [0.717, 1.165) is 11.1 Å². The molecule has 0 aliphatic rings. The Morgan fingerprint density at radius 1 is 1.12 bits per heavy atom. The second kappa shape index (κ2) is 4.14. The van der Waals surface area contributed by atoms with Gasteiger partial charge in [-0.05, 0) is 24.1 Å². The van der Waals surface area contributed by atoms with Gasteiger partial charge < -0.3 is 4.98 Å². The van der Waals surface area contributed by atoms with Crippen LogP contribution in [0.3, 0.4) is 0 Å². The lowest BCUT2D eigenvalue weighted by atomic mass is 9.99. The second-order valence-corrected chi connectivity index (χ2v) is 3.54. The minimum atomic E-state index is -0.149. The Bertz CT molecular complexity index is 564. The van der Waals surface area contributed by atoms with E-state index in [9.17, 15) is 9.59 Å². The number of pyridine rings is 1. The van der Waals surface area contributed by atoms with Crippen molar-refractivity contribution in [3.63, 3.8) is 0 Å². The number of ketones is 1. The van der Waals surface area contributed by atoms with Crippen molar-refractivity contribution in [3.05, 3.63) is 58.5 Å². The van der Waals surface area contributed by atoms with Crippen LogP contribution in [-0.2, 0) is 0 Å². The fourth-order valence-corrected chi connectivity index (χ4v) is 1.62. The minimum absolute atomic E-state index is 0.0156. The highest BCUT2D eigenvalue weighted by molar-refractivity contribution is 6.00. The molecule has 2 rings (SSSR count). The summed E-state index contributed by atoms with van der Waals surface area (Å²) in [5.41, 5.74) is 2.19. The molecule has 1 N–H and O–H groups in total. The molecule has 0 unspecified atom stereocenters. The molecule has 0 aliphatic heterocycles. The van der Waals surface area contributed by atoms with Crippen LogP contribution in [-0.4, -0.2) is 10.8 Å². The summed E-state index contributed by atoms with van der Waals surface area (Å²) in [6, 6.07) is 10.5. The smallest absolute Gasteiger partial charge is 0.247 e. The fourth-order valence-electron chi connectivity index (χ4n) is 1.62. The van der Waals surface area contributed by atoms with Gasteiger partial charge in [0.25, 0.3) is 0 Å². The number of hydrogen-bond acceptors (Lipinski definition) is 2. The normalized spacial score (nSPS) is 10.1. The van der Waals surface area contributed by atoms with Crippen LogP contribution in [0, 0.1) is 0 Å². The Morgan fingerprint density at radius 3 is 2.50 bits per heavy atom. The summed E-state index contributed by atoms with van der Waals surface area (Å²) in [6.07, 6.45) is 1.62. The first kappa shape index (κ1) is 10.4. The van der Waals surface area contributed by atoms with Gasteiger partial charge in [-0.25, -0.2) is 0 Å². The summed E-state index contributed by atoms with van der Waals surface area (Å²) >= 11 is 0. The third kappa shape index (κ3) is 1.93. The molecule has 3 heteroatoms. The molecular formula is C13H11NO2. The highest BCUT2D eigenvalue weighted by Gasteiger charge is 2.07. The Hall–Kier alpha value is -2.16. The lowest BCUT2D eigenvalue weighted by molar-refractivity contribution is 0.101. The predicted molar refractivity (Wildman–Crippen MR) is 62.5 cm³/mol. The molecule has 0 saturated carbocycles. The molecule has 16 heavy (non-hydrogen) atoms. The number of rotatable bonds is 2. The Balaban J connectivity index is 2.59. The van der Waals surface area contributed by atoms with E-state index >= 15 is 0 Å². The van der Waals surface area contributed by atoms with E-state index in [1.54, 1.807) is 18.3 Å². The van der Waals surface area contributed by atoms with Gasteiger partial charge in [0.2, 0.25) is 5.56 Å². The van der Waals surface area contributed by atoms with E-state index in [-0.39, 0.29) is 11.3 Å². The number of H-pyrrole nitrogens is 1. The van der Waals surface area contributed by atoms with Crippen LogP contribution < -0.4 is 5.56 Å². The Kier molecular flexibility index (Phi) is 2.68. The van der Waals surface area contributed by atoms with E-state index in [0.29, 0.717) is 5.56 Å². The Morgan fingerprint density at radius 2 is 1.88 bits per heavy atom. The van der Waals surface area contributed by atoms with Gasteiger partial charge in [-0.1, -0.05) is 24.3 Å². The van der Waals surface area contributed by atoms with Gasteiger partial charge in [0.1, 0.15) is 0 Å². The molecule has 0 amide bonds. The van der Waals surface area contributed by atoms with E-state index in [1.165, 1.54) is 13.0 Å². The zero-order valence-corrected chi connectivity index (χ0v) is 8.86. The lowest BCUT2D eigenvalue weighted by Gasteiger charge is -2.05. The van der Waals surface area contributed by atoms with Crippen LogP contribution in [0.1, 0.15) is 17.3 Å². The van der Waals surface area contributed by atoms with Crippen molar-refractivity contribution in [2.75, 3.05) is 0 Å². The monoisotopic (exact) mass is 213 g/mol. The number of aromatic amines is 1. The lowest BCUT2D eigenvalue weighted by Crippen LogP contribution is -2.02. The van der Waals surface area contributed by atoms with Crippen molar-refractivity contribution in [2.45, 2.75) is 6.92 Å². The standard InChI is InChI=1S/C13H11NO2/c1-9(15)11-4-2-3-5-12(11)10-6-7-13(16)14-8-10/h2-8H,1H3,(H,14,16). The van der Waals surface area contributed by atoms with Gasteiger partial charge >= 0.3 is 0 Å². The van der Waals surface area contributed by atoms with E-state index in [2.05, 4.69) is 4.98 Å². The number of nitrogens with one attached hydrogen (secondary N) is 1. The first-order chi connectivity index (χ1) is 7.68. The van der Waals surface area contributed by atoms with Gasteiger partial charge in [-0.15, -0.1) is 0 Å². The molecule has 80 valence electrons. The second-order valence-electron chi connectivity index (χ2n) is 3.54. The van der Waals surface area contributed by atoms with Gasteiger partial charge in [-0.2, -0.15) is 0 Å². The molecule has 0 atom stereocenters. The van der Waals surface area contributed by atoms with Gasteiger partial charge in [0.05, 0.1) is 0 Å². The van der Waals surface area contributed by atoms with Crippen molar-refractivity contribution < 1.29 is 4.79 Å². The van der Waals surface area contributed by atoms with Gasteiger partial charge in [0, 0.05) is 17.8 Å². The average Bonchev–Trinajstić information content (AvgIpc) is 2.30. The minimum Gasteiger partial charge on any atom is -0.328 e. The maximum absolute atomic E-state index is 11.4. The third-order valence-electron chi connectivity index (χ3n) is 2.40. The van der Waals surface area contributed by atoms with Crippen molar-refractivity contribution in [1.29, 1.82) is 0 Å². The number of hydrogen-bond donors (Lipinski definition) is 1. The van der Waals surface area contributed by atoms with Crippen molar-refractivity contribution in [2.24, 2.45) is 0 Å². The van der Waals surface area contributed by atoms with E-state index in [4.69, 9.17) is 0 Å². The van der Waals surface area contributed by atoms with Gasteiger partial charge in [0.15, 0.2) is 5.78 Å². The average molecular weight is 213 g/mol. The van der Waals surface area contributed by atoms with Crippen LogP contribution in [0.4, 0.5) is 0 Å². The molecule has 0 saturated heterocycles. The molecule has 1 aromatic heterocycles. The molecule has 1 heterocycles.